The number of rotatable bonds is 2. The number of nitrogens with zero attached hydrogens (tertiary/aromatic N) is 1. The van der Waals surface area contributed by atoms with Gasteiger partial charge >= 0.3 is 0 Å². The molecule has 2 aromatic rings. The molecule has 0 aliphatic rings. The number of hydrogen-bond acceptors (Lipinski definition) is 1. The summed E-state index contributed by atoms with van der Waals surface area (Å²) in [5, 5.41) is 3.18. The number of aromatic amines is 1. The molecule has 0 amide bonds. The van der Waals surface area contributed by atoms with E-state index < -0.39 is 0 Å². The van der Waals surface area contributed by atoms with Crippen LogP contribution in [0, 0.1) is 0 Å². The van der Waals surface area contributed by atoms with Gasteiger partial charge in [-0.05, 0) is 11.6 Å². The summed E-state index contributed by atoms with van der Waals surface area (Å²) in [4.78, 5) is 11.9. The quantitative estimate of drug-likeness (QED) is 0.908. The molecule has 1 aromatic carbocycles. The zero-order chi connectivity index (χ0) is 13.3. The molecule has 0 atom stereocenters. The van der Waals surface area contributed by atoms with Crippen LogP contribution in [-0.4, -0.2) is 9.78 Å². The molecule has 0 radical (unpaired) electrons. The maximum absolute atomic E-state index is 11.9. The van der Waals surface area contributed by atoms with E-state index in [1.54, 1.807) is 10.7 Å². The minimum atomic E-state index is -0.0433. The van der Waals surface area contributed by atoms with E-state index in [9.17, 15) is 4.79 Å². The fraction of sp³-hybridized carbons (Fsp3) is 0.357. The molecular weight excluding hydrogens is 292 g/mol. The lowest BCUT2D eigenvalue weighted by atomic mass is 9.93. The predicted octanol–water partition coefficient (Wildman–Crippen LogP) is 3.28. The second-order valence-electron chi connectivity index (χ2n) is 5.44. The largest absolute Gasteiger partial charge is 0.299 e. The fourth-order valence-corrected chi connectivity index (χ4v) is 2.14. The molecule has 1 aromatic heterocycles. The van der Waals surface area contributed by atoms with Crippen molar-refractivity contribution in [2.45, 2.75) is 32.7 Å². The van der Waals surface area contributed by atoms with E-state index in [1.807, 2.05) is 24.3 Å². The summed E-state index contributed by atoms with van der Waals surface area (Å²) in [6, 6.07) is 9.60. The molecule has 2 rings (SSSR count). The van der Waals surface area contributed by atoms with E-state index in [2.05, 4.69) is 41.8 Å². The van der Waals surface area contributed by atoms with Crippen LogP contribution in [-0.2, 0) is 12.0 Å². The second-order valence-corrected chi connectivity index (χ2v) is 6.29. The third-order valence-electron chi connectivity index (χ3n) is 2.88. The van der Waals surface area contributed by atoms with Gasteiger partial charge in [0.2, 0.25) is 0 Å². The first-order valence-corrected chi connectivity index (χ1v) is 6.71. The van der Waals surface area contributed by atoms with Crippen molar-refractivity contribution in [3.8, 4) is 0 Å². The van der Waals surface area contributed by atoms with Crippen molar-refractivity contribution >= 4 is 15.9 Å². The summed E-state index contributed by atoms with van der Waals surface area (Å²) >= 11 is 3.50. The van der Waals surface area contributed by atoms with Gasteiger partial charge in [0.25, 0.3) is 5.56 Å². The van der Waals surface area contributed by atoms with Gasteiger partial charge in [0.15, 0.2) is 0 Å². The molecule has 96 valence electrons. The number of aromatic nitrogens is 2. The zero-order valence-electron chi connectivity index (χ0n) is 10.8. The topological polar surface area (TPSA) is 37.8 Å². The molecule has 0 unspecified atom stereocenters. The van der Waals surface area contributed by atoms with Crippen molar-refractivity contribution in [3.63, 3.8) is 0 Å². The van der Waals surface area contributed by atoms with Gasteiger partial charge in [0, 0.05) is 21.6 Å². The maximum Gasteiger partial charge on any atom is 0.267 e. The molecule has 0 fully saturated rings. The molecule has 0 aliphatic heterocycles. The summed E-state index contributed by atoms with van der Waals surface area (Å²) in [5.74, 6) is 0. The van der Waals surface area contributed by atoms with Gasteiger partial charge in [-0.1, -0.05) is 54.9 Å². The smallest absolute Gasteiger partial charge is 0.267 e. The van der Waals surface area contributed by atoms with Gasteiger partial charge < -0.3 is 0 Å². The molecule has 0 bridgehead atoms. The third kappa shape index (κ3) is 2.75. The van der Waals surface area contributed by atoms with Crippen LogP contribution in [0.3, 0.4) is 0 Å². The number of H-pyrrole nitrogens is 1. The normalized spacial score (nSPS) is 11.8. The Morgan fingerprint density at radius 3 is 2.50 bits per heavy atom. The average Bonchev–Trinajstić information content (AvgIpc) is 2.63. The van der Waals surface area contributed by atoms with E-state index in [0.717, 1.165) is 15.7 Å². The minimum absolute atomic E-state index is 0.00989. The Kier molecular flexibility index (Phi) is 3.48. The van der Waals surface area contributed by atoms with Crippen molar-refractivity contribution in [2.24, 2.45) is 0 Å². The van der Waals surface area contributed by atoms with Crippen molar-refractivity contribution in [3.05, 3.63) is 56.4 Å². The first-order chi connectivity index (χ1) is 8.38. The van der Waals surface area contributed by atoms with Crippen LogP contribution in [0.5, 0.6) is 0 Å². The Morgan fingerprint density at radius 1 is 1.28 bits per heavy atom. The van der Waals surface area contributed by atoms with E-state index in [-0.39, 0.29) is 11.0 Å². The van der Waals surface area contributed by atoms with Gasteiger partial charge in [-0.15, -0.1) is 0 Å². The van der Waals surface area contributed by atoms with Crippen LogP contribution in [0.4, 0.5) is 0 Å². The van der Waals surface area contributed by atoms with E-state index in [1.165, 1.54) is 0 Å². The van der Waals surface area contributed by atoms with Gasteiger partial charge in [-0.3, -0.25) is 9.89 Å². The first kappa shape index (κ1) is 13.1. The van der Waals surface area contributed by atoms with Crippen molar-refractivity contribution in [1.82, 2.24) is 9.78 Å². The third-order valence-corrected chi connectivity index (χ3v) is 3.66. The van der Waals surface area contributed by atoms with Gasteiger partial charge in [0.05, 0.1) is 6.54 Å². The van der Waals surface area contributed by atoms with Crippen molar-refractivity contribution < 1.29 is 0 Å². The fourth-order valence-electron chi connectivity index (χ4n) is 1.73. The lowest BCUT2D eigenvalue weighted by molar-refractivity contribution is 0.542. The number of benzene rings is 1. The Labute approximate surface area is 115 Å². The molecule has 0 aliphatic carbocycles. The van der Waals surface area contributed by atoms with Crippen LogP contribution in [0.25, 0.3) is 0 Å². The highest BCUT2D eigenvalue weighted by molar-refractivity contribution is 9.10. The van der Waals surface area contributed by atoms with Gasteiger partial charge in [-0.2, -0.15) is 0 Å². The Bertz CT molecular complexity index is 605. The van der Waals surface area contributed by atoms with E-state index >= 15 is 0 Å². The summed E-state index contributed by atoms with van der Waals surface area (Å²) in [5.41, 5.74) is 2.01. The van der Waals surface area contributed by atoms with Crippen LogP contribution in [0.2, 0.25) is 0 Å². The summed E-state index contributed by atoms with van der Waals surface area (Å²) in [6.07, 6.45) is 0. The van der Waals surface area contributed by atoms with E-state index in [0.29, 0.717) is 6.54 Å². The molecule has 1 heterocycles. The van der Waals surface area contributed by atoms with Crippen LogP contribution in [0.1, 0.15) is 32.0 Å². The minimum Gasteiger partial charge on any atom is -0.299 e. The van der Waals surface area contributed by atoms with Gasteiger partial charge in [-0.25, -0.2) is 4.68 Å². The monoisotopic (exact) mass is 308 g/mol. The van der Waals surface area contributed by atoms with E-state index in [4.69, 9.17) is 0 Å². The second kappa shape index (κ2) is 4.76. The highest BCUT2D eigenvalue weighted by Crippen LogP contribution is 2.19. The molecule has 0 saturated heterocycles. The Hall–Kier alpha value is -1.29. The van der Waals surface area contributed by atoms with Crippen molar-refractivity contribution in [1.29, 1.82) is 0 Å². The Balaban J connectivity index is 2.34. The van der Waals surface area contributed by atoms with Crippen LogP contribution >= 0.6 is 15.9 Å². The van der Waals surface area contributed by atoms with Gasteiger partial charge in [0.1, 0.15) is 0 Å². The Morgan fingerprint density at radius 2 is 1.94 bits per heavy atom. The summed E-state index contributed by atoms with van der Waals surface area (Å²) in [6.45, 7) is 6.81. The standard InChI is InChI=1S/C14H17BrN2O/c1-14(2,3)12-8-13(18)17(16-12)9-10-6-4-5-7-11(10)15/h4-8,16H,9H2,1-3H3. The molecule has 3 nitrogen and oxygen atoms in total. The summed E-state index contributed by atoms with van der Waals surface area (Å²) < 4.78 is 2.66. The molecule has 1 N–H and O–H groups in total. The molecular formula is C14H17BrN2O. The summed E-state index contributed by atoms with van der Waals surface area (Å²) in [7, 11) is 0. The highest BCUT2D eigenvalue weighted by atomic mass is 79.9. The highest BCUT2D eigenvalue weighted by Gasteiger charge is 2.17. The first-order valence-electron chi connectivity index (χ1n) is 5.91. The lowest BCUT2D eigenvalue weighted by Crippen LogP contribution is -2.17. The molecule has 0 spiro atoms. The zero-order valence-corrected chi connectivity index (χ0v) is 12.4. The maximum atomic E-state index is 11.9. The lowest BCUT2D eigenvalue weighted by Gasteiger charge is -2.15. The number of halogens is 1. The molecule has 0 saturated carbocycles. The van der Waals surface area contributed by atoms with Crippen molar-refractivity contribution in [2.75, 3.05) is 0 Å². The molecule has 18 heavy (non-hydrogen) atoms. The number of hydrogen-bond donors (Lipinski definition) is 1. The molecule has 4 heteroatoms. The van der Waals surface area contributed by atoms with Crippen LogP contribution in [0.15, 0.2) is 39.6 Å². The average molecular weight is 309 g/mol. The van der Waals surface area contributed by atoms with Crippen LogP contribution < -0.4 is 5.56 Å². The predicted molar refractivity (Wildman–Crippen MR) is 77.0 cm³/mol. The number of nitrogens with one attached hydrogen (secondary N) is 1. The SMILES string of the molecule is CC(C)(C)c1cc(=O)n(Cc2ccccc2Br)[nH]1.